The van der Waals surface area contributed by atoms with Gasteiger partial charge in [-0.25, -0.2) is 4.79 Å². The zero-order valence-electron chi connectivity index (χ0n) is 14.9. The van der Waals surface area contributed by atoms with Gasteiger partial charge in [0.15, 0.2) is 11.6 Å². The van der Waals surface area contributed by atoms with Crippen molar-refractivity contribution in [3.05, 3.63) is 38.1 Å². The summed E-state index contributed by atoms with van der Waals surface area (Å²) >= 11 is 0. The molecule has 2 N–H and O–H groups in total. The summed E-state index contributed by atoms with van der Waals surface area (Å²) in [6, 6.07) is -0.676. The number of carbonyl (C=O) groups is 1. The molecule has 10 nitrogen and oxygen atoms in total. The van der Waals surface area contributed by atoms with Gasteiger partial charge in [-0.15, -0.1) is 0 Å². The zero-order valence-corrected chi connectivity index (χ0v) is 14.9. The van der Waals surface area contributed by atoms with Crippen molar-refractivity contribution in [2.45, 2.75) is 32.9 Å². The number of anilines is 1. The molecule has 0 saturated carbocycles. The lowest BCUT2D eigenvalue weighted by Gasteiger charge is -2.22. The number of nitrogens with zero attached hydrogens (tertiary/aromatic N) is 5. The highest BCUT2D eigenvalue weighted by Crippen LogP contribution is 2.12. The van der Waals surface area contributed by atoms with Crippen LogP contribution in [-0.4, -0.2) is 43.0 Å². The standard InChI is InChI=1S/C15H22N6O4/c1-6-9-17-10(25-18-9)7-19(3)8(2)12(22)11-13(16)20(4)15(24)21(5)14(11)23/h8H,6-7,16H2,1-5H3. The van der Waals surface area contributed by atoms with Gasteiger partial charge in [0.1, 0.15) is 11.4 Å². The Hall–Kier alpha value is -2.75. The molecule has 0 bridgehead atoms. The number of carbonyl (C=O) groups excluding carboxylic acids is 1. The lowest BCUT2D eigenvalue weighted by Crippen LogP contribution is -2.45. The lowest BCUT2D eigenvalue weighted by atomic mass is 10.1. The molecule has 2 aromatic rings. The molecule has 2 rings (SSSR count). The van der Waals surface area contributed by atoms with Gasteiger partial charge in [-0.1, -0.05) is 12.1 Å². The van der Waals surface area contributed by atoms with Crippen molar-refractivity contribution in [2.75, 3.05) is 12.8 Å². The van der Waals surface area contributed by atoms with Gasteiger partial charge in [-0.2, -0.15) is 4.98 Å². The number of nitrogen functional groups attached to an aromatic ring is 1. The van der Waals surface area contributed by atoms with Gasteiger partial charge in [-0.05, 0) is 14.0 Å². The summed E-state index contributed by atoms with van der Waals surface area (Å²) in [7, 11) is 4.41. The van der Waals surface area contributed by atoms with Crippen LogP contribution in [0.4, 0.5) is 5.82 Å². The maximum Gasteiger partial charge on any atom is 0.332 e. The van der Waals surface area contributed by atoms with Crippen LogP contribution in [-0.2, 0) is 27.1 Å². The molecule has 0 saturated heterocycles. The van der Waals surface area contributed by atoms with Crippen LogP contribution in [0.25, 0.3) is 0 Å². The molecule has 0 fully saturated rings. The first-order valence-electron chi connectivity index (χ1n) is 7.80. The van der Waals surface area contributed by atoms with E-state index in [2.05, 4.69) is 10.1 Å². The first-order chi connectivity index (χ1) is 11.7. The maximum atomic E-state index is 12.8. The van der Waals surface area contributed by atoms with E-state index in [0.717, 1.165) is 9.13 Å². The lowest BCUT2D eigenvalue weighted by molar-refractivity contribution is 0.0849. The Labute approximate surface area is 143 Å². The van der Waals surface area contributed by atoms with Crippen LogP contribution >= 0.6 is 0 Å². The minimum Gasteiger partial charge on any atom is -0.384 e. The number of ketones is 1. The minimum absolute atomic E-state index is 0.149. The minimum atomic E-state index is -0.711. The fourth-order valence-corrected chi connectivity index (χ4v) is 2.35. The van der Waals surface area contributed by atoms with Crippen LogP contribution in [0.2, 0.25) is 0 Å². The van der Waals surface area contributed by atoms with Crippen molar-refractivity contribution < 1.29 is 9.32 Å². The van der Waals surface area contributed by atoms with E-state index < -0.39 is 23.1 Å². The summed E-state index contributed by atoms with van der Waals surface area (Å²) in [6.45, 7) is 3.79. The predicted octanol–water partition coefficient (Wildman–Crippen LogP) is -0.685. The largest absolute Gasteiger partial charge is 0.384 e. The van der Waals surface area contributed by atoms with Crippen molar-refractivity contribution in [1.82, 2.24) is 24.2 Å². The van der Waals surface area contributed by atoms with Crippen molar-refractivity contribution >= 4 is 11.6 Å². The Bertz CT molecular complexity index is 910. The molecule has 0 amide bonds. The number of nitrogens with two attached hydrogens (primary N) is 1. The van der Waals surface area contributed by atoms with E-state index in [0.29, 0.717) is 18.1 Å². The van der Waals surface area contributed by atoms with Crippen LogP contribution in [0, 0.1) is 0 Å². The topological polar surface area (TPSA) is 129 Å². The van der Waals surface area contributed by atoms with Crippen molar-refractivity contribution in [3.8, 4) is 0 Å². The van der Waals surface area contributed by atoms with Gasteiger partial charge in [-0.3, -0.25) is 23.6 Å². The average molecular weight is 350 g/mol. The van der Waals surface area contributed by atoms with Crippen LogP contribution in [0.1, 0.15) is 35.9 Å². The Balaban J connectivity index is 2.31. The van der Waals surface area contributed by atoms with Crippen molar-refractivity contribution in [1.29, 1.82) is 0 Å². The second-order valence-electron chi connectivity index (χ2n) is 5.88. The van der Waals surface area contributed by atoms with Crippen LogP contribution < -0.4 is 17.0 Å². The number of aromatic nitrogens is 4. The summed E-state index contributed by atoms with van der Waals surface area (Å²) in [4.78, 5) is 42.8. The Morgan fingerprint density at radius 2 is 1.96 bits per heavy atom. The molecule has 1 unspecified atom stereocenters. The third-order valence-corrected chi connectivity index (χ3v) is 4.21. The molecule has 2 aromatic heterocycles. The molecular weight excluding hydrogens is 328 g/mol. The fourth-order valence-electron chi connectivity index (χ4n) is 2.35. The molecule has 10 heteroatoms. The zero-order chi connectivity index (χ0) is 18.9. The van der Waals surface area contributed by atoms with E-state index in [1.165, 1.54) is 14.1 Å². The molecule has 0 aliphatic rings. The van der Waals surface area contributed by atoms with E-state index in [1.54, 1.807) is 18.9 Å². The molecule has 0 spiro atoms. The predicted molar refractivity (Wildman–Crippen MR) is 90.3 cm³/mol. The van der Waals surface area contributed by atoms with Crippen LogP contribution in [0.3, 0.4) is 0 Å². The van der Waals surface area contributed by atoms with Gasteiger partial charge in [0.25, 0.3) is 5.56 Å². The highest BCUT2D eigenvalue weighted by molar-refractivity contribution is 6.03. The molecule has 136 valence electrons. The molecule has 0 aliphatic carbocycles. The fraction of sp³-hybridized carbons (Fsp3) is 0.533. The number of aryl methyl sites for hydroxylation is 1. The van der Waals surface area contributed by atoms with Crippen LogP contribution in [0.15, 0.2) is 14.1 Å². The SMILES string of the molecule is CCc1noc(CN(C)C(C)C(=O)c2c(N)n(C)c(=O)n(C)c2=O)n1. The highest BCUT2D eigenvalue weighted by atomic mass is 16.5. The second-order valence-corrected chi connectivity index (χ2v) is 5.88. The van der Waals surface area contributed by atoms with E-state index in [1.807, 2.05) is 6.92 Å². The third kappa shape index (κ3) is 3.38. The van der Waals surface area contributed by atoms with Gasteiger partial charge < -0.3 is 10.3 Å². The number of likely N-dealkylation sites (N-methyl/N-ethyl adjacent to an activating group) is 1. The van der Waals surface area contributed by atoms with Gasteiger partial charge in [0.2, 0.25) is 5.89 Å². The molecule has 0 aliphatic heterocycles. The number of rotatable bonds is 6. The Morgan fingerprint density at radius 3 is 2.52 bits per heavy atom. The third-order valence-electron chi connectivity index (χ3n) is 4.21. The van der Waals surface area contributed by atoms with Crippen molar-refractivity contribution in [3.63, 3.8) is 0 Å². The molecule has 2 heterocycles. The van der Waals surface area contributed by atoms with Gasteiger partial charge >= 0.3 is 5.69 Å². The summed E-state index contributed by atoms with van der Waals surface area (Å²) < 4.78 is 7.05. The Kier molecular flexibility index (Phi) is 5.21. The van der Waals surface area contributed by atoms with Gasteiger partial charge in [0.05, 0.1) is 12.6 Å². The van der Waals surface area contributed by atoms with E-state index >= 15 is 0 Å². The molecule has 1 atom stereocenters. The molecular formula is C15H22N6O4. The Morgan fingerprint density at radius 1 is 1.32 bits per heavy atom. The highest BCUT2D eigenvalue weighted by Gasteiger charge is 2.27. The monoisotopic (exact) mass is 350 g/mol. The van der Waals surface area contributed by atoms with E-state index in [4.69, 9.17) is 10.3 Å². The first kappa shape index (κ1) is 18.6. The molecule has 25 heavy (non-hydrogen) atoms. The van der Waals surface area contributed by atoms with Crippen molar-refractivity contribution in [2.24, 2.45) is 14.1 Å². The average Bonchev–Trinajstić information content (AvgIpc) is 3.05. The summed E-state index contributed by atoms with van der Waals surface area (Å²) in [5.41, 5.74) is 4.33. The number of hydrogen-bond acceptors (Lipinski definition) is 8. The second kappa shape index (κ2) is 7.01. The van der Waals surface area contributed by atoms with E-state index in [9.17, 15) is 14.4 Å². The van der Waals surface area contributed by atoms with E-state index in [-0.39, 0.29) is 17.9 Å². The summed E-state index contributed by atoms with van der Waals surface area (Å²) in [6.07, 6.45) is 0.645. The summed E-state index contributed by atoms with van der Waals surface area (Å²) in [5, 5.41) is 3.80. The first-order valence-corrected chi connectivity index (χ1v) is 7.80. The van der Waals surface area contributed by atoms with Gasteiger partial charge in [0, 0.05) is 20.5 Å². The smallest absolute Gasteiger partial charge is 0.332 e. The van der Waals surface area contributed by atoms with Crippen LogP contribution in [0.5, 0.6) is 0 Å². The normalized spacial score (nSPS) is 12.6. The summed E-state index contributed by atoms with van der Waals surface area (Å²) in [5.74, 6) is 0.328. The number of Topliss-reactive ketones (excluding diaryl/α,β-unsaturated/α-hetero) is 1. The number of hydrogen-bond donors (Lipinski definition) is 1. The molecule has 0 aromatic carbocycles. The quantitative estimate of drug-likeness (QED) is 0.678. The maximum absolute atomic E-state index is 12.8. The molecule has 0 radical (unpaired) electrons.